The molecule has 0 saturated carbocycles. The van der Waals surface area contributed by atoms with Crippen LogP contribution in [-0.4, -0.2) is 28.4 Å². The Morgan fingerprint density at radius 1 is 1.09 bits per heavy atom. The maximum Gasteiger partial charge on any atom is 0.341 e. The van der Waals surface area contributed by atoms with Crippen molar-refractivity contribution in [2.75, 3.05) is 7.11 Å². The Morgan fingerprint density at radius 2 is 1.73 bits per heavy atom. The molecule has 0 aliphatic rings. The minimum Gasteiger partial charge on any atom is -0.508 e. The zero-order chi connectivity index (χ0) is 16.3. The monoisotopic (exact) mass is 302 g/mol. The third kappa shape index (κ3) is 3.14. The minimum atomic E-state index is -0.638. The fourth-order valence-corrected chi connectivity index (χ4v) is 2.27. The number of phenolic OH excluding ortho intramolecular Hbond substituents is 3. The van der Waals surface area contributed by atoms with E-state index in [-0.39, 0.29) is 28.4 Å². The van der Waals surface area contributed by atoms with Crippen LogP contribution >= 0.6 is 0 Å². The number of aryl methyl sites for hydroxylation is 2. The smallest absolute Gasteiger partial charge is 0.341 e. The molecule has 22 heavy (non-hydrogen) atoms. The average Bonchev–Trinajstić information content (AvgIpc) is 2.51. The number of carbonyl (C=O) groups is 1. The summed E-state index contributed by atoms with van der Waals surface area (Å²) in [5.74, 6) is -0.774. The summed E-state index contributed by atoms with van der Waals surface area (Å²) in [5, 5.41) is 29.2. The quantitative estimate of drug-likeness (QED) is 0.756. The van der Waals surface area contributed by atoms with E-state index in [1.54, 1.807) is 24.3 Å². The van der Waals surface area contributed by atoms with Crippen molar-refractivity contribution in [2.45, 2.75) is 19.8 Å². The van der Waals surface area contributed by atoms with Gasteiger partial charge in [0.2, 0.25) is 0 Å². The molecule has 0 spiro atoms. The van der Waals surface area contributed by atoms with E-state index >= 15 is 0 Å². The van der Waals surface area contributed by atoms with Gasteiger partial charge in [0.1, 0.15) is 22.8 Å². The zero-order valence-corrected chi connectivity index (χ0v) is 12.5. The Morgan fingerprint density at radius 3 is 2.32 bits per heavy atom. The first-order valence-corrected chi connectivity index (χ1v) is 6.84. The first kappa shape index (κ1) is 15.7. The highest BCUT2D eigenvalue weighted by molar-refractivity contribution is 5.95. The van der Waals surface area contributed by atoms with Gasteiger partial charge in [-0.15, -0.1) is 0 Å². The molecule has 5 heteroatoms. The molecule has 2 rings (SSSR count). The van der Waals surface area contributed by atoms with Crippen LogP contribution in [0.15, 0.2) is 30.3 Å². The van der Waals surface area contributed by atoms with Gasteiger partial charge in [0.05, 0.1) is 7.11 Å². The van der Waals surface area contributed by atoms with Crippen LogP contribution in [0.1, 0.15) is 27.0 Å². The van der Waals surface area contributed by atoms with Crippen LogP contribution in [0.2, 0.25) is 0 Å². The van der Waals surface area contributed by atoms with E-state index < -0.39 is 5.97 Å². The lowest BCUT2D eigenvalue weighted by Crippen LogP contribution is -2.08. The van der Waals surface area contributed by atoms with Gasteiger partial charge >= 0.3 is 5.97 Å². The van der Waals surface area contributed by atoms with Crippen molar-refractivity contribution in [1.82, 2.24) is 0 Å². The Bertz CT molecular complexity index is 689. The molecule has 0 aliphatic carbocycles. The number of benzene rings is 2. The Balaban J connectivity index is 2.33. The van der Waals surface area contributed by atoms with E-state index in [0.29, 0.717) is 18.4 Å². The highest BCUT2D eigenvalue weighted by atomic mass is 16.5. The number of ether oxygens (including phenoxy) is 1. The number of aromatic hydroxyl groups is 3. The molecule has 0 radical (unpaired) electrons. The number of carbonyl (C=O) groups excluding carboxylic acids is 1. The first-order chi connectivity index (χ1) is 10.4. The Hall–Kier alpha value is -2.69. The summed E-state index contributed by atoms with van der Waals surface area (Å²) in [6.07, 6.45) is 1.03. The fraction of sp³-hybridized carbons (Fsp3) is 0.235. The van der Waals surface area contributed by atoms with Gasteiger partial charge in [-0.05, 0) is 49.1 Å². The molecule has 5 nitrogen and oxygen atoms in total. The molecule has 0 atom stereocenters. The molecular formula is C17H18O5. The van der Waals surface area contributed by atoms with Crippen LogP contribution in [0, 0.1) is 6.92 Å². The van der Waals surface area contributed by atoms with Gasteiger partial charge in [-0.2, -0.15) is 0 Å². The summed E-state index contributed by atoms with van der Waals surface area (Å²) in [5.41, 5.74) is 1.80. The Kier molecular flexibility index (Phi) is 4.56. The topological polar surface area (TPSA) is 87.0 Å². The van der Waals surface area contributed by atoms with Crippen LogP contribution in [0.3, 0.4) is 0 Å². The molecule has 0 fully saturated rings. The van der Waals surface area contributed by atoms with Crippen LogP contribution < -0.4 is 0 Å². The highest BCUT2D eigenvalue weighted by Gasteiger charge is 2.21. The molecule has 116 valence electrons. The SMILES string of the molecule is COC(=O)c1c(CCc2ccc(O)cc2)cc(O)c(C)c1O. The van der Waals surface area contributed by atoms with Gasteiger partial charge in [0.15, 0.2) is 0 Å². The molecule has 0 aliphatic heterocycles. The molecule has 0 bridgehead atoms. The minimum absolute atomic E-state index is 0.0640. The number of hydrogen-bond acceptors (Lipinski definition) is 5. The van der Waals surface area contributed by atoms with Crippen molar-refractivity contribution in [3.05, 3.63) is 52.6 Å². The number of phenols is 3. The Labute approximate surface area is 128 Å². The van der Waals surface area contributed by atoms with Gasteiger partial charge < -0.3 is 20.1 Å². The van der Waals surface area contributed by atoms with Crippen molar-refractivity contribution in [3.63, 3.8) is 0 Å². The van der Waals surface area contributed by atoms with E-state index in [1.165, 1.54) is 20.1 Å². The summed E-state index contributed by atoms with van der Waals surface area (Å²) in [4.78, 5) is 11.9. The van der Waals surface area contributed by atoms with Crippen LogP contribution in [-0.2, 0) is 17.6 Å². The predicted molar refractivity (Wildman–Crippen MR) is 81.4 cm³/mol. The van der Waals surface area contributed by atoms with E-state index in [0.717, 1.165) is 5.56 Å². The van der Waals surface area contributed by atoms with Crippen molar-refractivity contribution in [1.29, 1.82) is 0 Å². The van der Waals surface area contributed by atoms with Gasteiger partial charge in [-0.3, -0.25) is 0 Å². The van der Waals surface area contributed by atoms with Crippen molar-refractivity contribution in [2.24, 2.45) is 0 Å². The lowest BCUT2D eigenvalue weighted by Gasteiger charge is -2.13. The second-order valence-corrected chi connectivity index (χ2v) is 5.06. The van der Waals surface area contributed by atoms with E-state index in [9.17, 15) is 20.1 Å². The maximum absolute atomic E-state index is 11.9. The van der Waals surface area contributed by atoms with E-state index in [1.807, 2.05) is 0 Å². The highest BCUT2D eigenvalue weighted by Crippen LogP contribution is 2.34. The summed E-state index contributed by atoms with van der Waals surface area (Å²) < 4.78 is 4.71. The average molecular weight is 302 g/mol. The standard InChI is InChI=1S/C17H18O5/c1-10-14(19)9-12(15(16(10)20)17(21)22-2)6-3-11-4-7-13(18)8-5-11/h4-5,7-9,18-20H,3,6H2,1-2H3. The number of methoxy groups -OCH3 is 1. The lowest BCUT2D eigenvalue weighted by molar-refractivity contribution is 0.0596. The van der Waals surface area contributed by atoms with E-state index in [4.69, 9.17) is 4.74 Å². The second-order valence-electron chi connectivity index (χ2n) is 5.06. The molecule has 0 amide bonds. The largest absolute Gasteiger partial charge is 0.508 e. The maximum atomic E-state index is 11.9. The molecule has 2 aromatic carbocycles. The predicted octanol–water partition coefficient (Wildman–Crippen LogP) is 2.68. The molecule has 0 unspecified atom stereocenters. The number of rotatable bonds is 4. The third-order valence-electron chi connectivity index (χ3n) is 3.62. The summed E-state index contributed by atoms with van der Waals surface area (Å²) in [7, 11) is 1.24. The second kappa shape index (κ2) is 6.39. The molecule has 0 heterocycles. The summed E-state index contributed by atoms with van der Waals surface area (Å²) in [6, 6.07) is 8.20. The normalized spacial score (nSPS) is 10.5. The van der Waals surface area contributed by atoms with Crippen LogP contribution in [0.4, 0.5) is 0 Å². The number of esters is 1. The van der Waals surface area contributed by atoms with Gasteiger partial charge in [0, 0.05) is 5.56 Å². The third-order valence-corrected chi connectivity index (χ3v) is 3.62. The fourth-order valence-electron chi connectivity index (χ4n) is 2.27. The van der Waals surface area contributed by atoms with Gasteiger partial charge in [0.25, 0.3) is 0 Å². The van der Waals surface area contributed by atoms with Crippen LogP contribution in [0.5, 0.6) is 17.2 Å². The van der Waals surface area contributed by atoms with Gasteiger partial charge in [-0.1, -0.05) is 12.1 Å². The van der Waals surface area contributed by atoms with Crippen molar-refractivity contribution in [3.8, 4) is 17.2 Å². The van der Waals surface area contributed by atoms with Crippen molar-refractivity contribution < 1.29 is 24.9 Å². The molecule has 3 N–H and O–H groups in total. The molecular weight excluding hydrogens is 284 g/mol. The molecule has 0 saturated heterocycles. The summed E-state index contributed by atoms with van der Waals surface area (Å²) in [6.45, 7) is 1.53. The number of hydrogen-bond donors (Lipinski definition) is 3. The molecule has 0 aromatic heterocycles. The lowest BCUT2D eigenvalue weighted by atomic mass is 9.96. The van der Waals surface area contributed by atoms with Crippen molar-refractivity contribution >= 4 is 5.97 Å². The van der Waals surface area contributed by atoms with Gasteiger partial charge in [-0.25, -0.2) is 4.79 Å². The van der Waals surface area contributed by atoms with Crippen LogP contribution in [0.25, 0.3) is 0 Å². The zero-order valence-electron chi connectivity index (χ0n) is 12.5. The first-order valence-electron chi connectivity index (χ1n) is 6.84. The summed E-state index contributed by atoms with van der Waals surface area (Å²) >= 11 is 0. The van der Waals surface area contributed by atoms with E-state index in [2.05, 4.69) is 0 Å². The molecule has 2 aromatic rings.